The van der Waals surface area contributed by atoms with E-state index in [9.17, 15) is 18.3 Å². The van der Waals surface area contributed by atoms with Crippen molar-refractivity contribution in [2.75, 3.05) is 0 Å². The van der Waals surface area contributed by atoms with Gasteiger partial charge in [-0.2, -0.15) is 18.4 Å². The van der Waals surface area contributed by atoms with Crippen LogP contribution in [0.1, 0.15) is 11.3 Å². The molecule has 0 spiro atoms. The third-order valence-corrected chi connectivity index (χ3v) is 2.36. The molecule has 7 heteroatoms. The van der Waals surface area contributed by atoms with Crippen LogP contribution in [0.4, 0.5) is 13.2 Å². The Bertz CT molecular complexity index is 645. The molecule has 0 aliphatic carbocycles. The summed E-state index contributed by atoms with van der Waals surface area (Å²) in [5.74, 6) is -0.258. The van der Waals surface area contributed by atoms with Crippen molar-refractivity contribution < 1.29 is 18.3 Å². The molecule has 0 bridgehead atoms. The Kier molecular flexibility index (Phi) is 3.09. The van der Waals surface area contributed by atoms with Crippen LogP contribution in [0.2, 0.25) is 0 Å². The number of halogens is 3. The lowest BCUT2D eigenvalue weighted by molar-refractivity contribution is -0.137. The maximum Gasteiger partial charge on any atom is 0.417 e. The van der Waals surface area contributed by atoms with E-state index < -0.39 is 11.7 Å². The van der Waals surface area contributed by atoms with Crippen LogP contribution < -0.4 is 0 Å². The molecule has 0 amide bonds. The van der Waals surface area contributed by atoms with Crippen LogP contribution >= 0.6 is 0 Å². The second kappa shape index (κ2) is 4.57. The molecule has 4 nitrogen and oxygen atoms in total. The predicted molar refractivity (Wildman–Crippen MR) is 58.8 cm³/mol. The minimum absolute atomic E-state index is 0.0366. The lowest BCUT2D eigenvalue weighted by atomic mass is 10.1. The highest BCUT2D eigenvalue weighted by atomic mass is 19.4. The van der Waals surface area contributed by atoms with E-state index in [-0.39, 0.29) is 22.7 Å². The van der Waals surface area contributed by atoms with Gasteiger partial charge in [0.05, 0.1) is 17.5 Å². The molecule has 2 rings (SSSR count). The molecular weight excluding hydrogens is 259 g/mol. The average molecular weight is 265 g/mol. The molecular formula is C12H6F3N3O. The zero-order valence-electron chi connectivity index (χ0n) is 9.31. The van der Waals surface area contributed by atoms with Gasteiger partial charge in [-0.25, -0.2) is 4.98 Å². The Balaban J connectivity index is 2.46. The molecule has 0 radical (unpaired) electrons. The summed E-state index contributed by atoms with van der Waals surface area (Å²) in [4.78, 5) is 7.26. The van der Waals surface area contributed by atoms with Crippen LogP contribution in [0, 0.1) is 11.3 Å². The van der Waals surface area contributed by atoms with Gasteiger partial charge in [0.2, 0.25) is 0 Å². The van der Waals surface area contributed by atoms with Crippen LogP contribution in [-0.2, 0) is 6.18 Å². The summed E-state index contributed by atoms with van der Waals surface area (Å²) in [6.45, 7) is 0. The van der Waals surface area contributed by atoms with Crippen LogP contribution in [-0.4, -0.2) is 15.1 Å². The van der Waals surface area contributed by atoms with E-state index in [1.807, 2.05) is 0 Å². The van der Waals surface area contributed by atoms with E-state index in [2.05, 4.69) is 9.97 Å². The normalized spacial score (nSPS) is 11.1. The molecule has 0 aromatic carbocycles. The fraction of sp³-hybridized carbons (Fsp3) is 0.0833. The van der Waals surface area contributed by atoms with Crippen molar-refractivity contribution in [2.24, 2.45) is 0 Å². The standard InChI is InChI=1S/C12H6F3N3O/c13-12(14,15)7-1-2-10(18-5-7)9-3-8(4-16)17-6-11(9)19/h1-3,5-6,19H. The Labute approximate surface area is 105 Å². The Morgan fingerprint density at radius 1 is 1.16 bits per heavy atom. The quantitative estimate of drug-likeness (QED) is 0.860. The van der Waals surface area contributed by atoms with E-state index >= 15 is 0 Å². The number of pyridine rings is 2. The van der Waals surface area contributed by atoms with Crippen LogP contribution in [0.3, 0.4) is 0 Å². The molecule has 96 valence electrons. The predicted octanol–water partition coefficient (Wildman–Crippen LogP) is 2.74. The number of nitriles is 1. The van der Waals surface area contributed by atoms with E-state index in [1.165, 1.54) is 6.07 Å². The number of nitrogens with zero attached hydrogens (tertiary/aromatic N) is 3. The molecule has 0 saturated heterocycles. The summed E-state index contributed by atoms with van der Waals surface area (Å²) in [7, 11) is 0. The lowest BCUT2D eigenvalue weighted by Gasteiger charge is -2.07. The van der Waals surface area contributed by atoms with Crippen LogP contribution in [0.5, 0.6) is 5.75 Å². The molecule has 2 aromatic rings. The Morgan fingerprint density at radius 3 is 2.42 bits per heavy atom. The zero-order valence-corrected chi connectivity index (χ0v) is 9.31. The van der Waals surface area contributed by atoms with Gasteiger partial charge in [-0.15, -0.1) is 0 Å². The van der Waals surface area contributed by atoms with Gasteiger partial charge in [0.15, 0.2) is 0 Å². The monoisotopic (exact) mass is 265 g/mol. The van der Waals surface area contributed by atoms with Crippen molar-refractivity contribution in [3.05, 3.63) is 41.9 Å². The number of alkyl halides is 3. The largest absolute Gasteiger partial charge is 0.506 e. The maximum absolute atomic E-state index is 12.4. The molecule has 0 unspecified atom stereocenters. The van der Waals surface area contributed by atoms with Crippen molar-refractivity contribution in [1.29, 1.82) is 5.26 Å². The highest BCUT2D eigenvalue weighted by molar-refractivity contribution is 5.67. The fourth-order valence-corrected chi connectivity index (χ4v) is 1.44. The number of hydrogen-bond acceptors (Lipinski definition) is 4. The molecule has 0 saturated carbocycles. The number of hydrogen-bond donors (Lipinski definition) is 1. The molecule has 0 aliphatic heterocycles. The summed E-state index contributed by atoms with van der Waals surface area (Å²) in [5, 5.41) is 18.3. The van der Waals surface area contributed by atoms with E-state index in [4.69, 9.17) is 5.26 Å². The van der Waals surface area contributed by atoms with E-state index in [0.29, 0.717) is 6.20 Å². The molecule has 19 heavy (non-hydrogen) atoms. The minimum Gasteiger partial charge on any atom is -0.506 e. The van der Waals surface area contributed by atoms with Crippen molar-refractivity contribution in [3.8, 4) is 23.1 Å². The first-order valence-electron chi connectivity index (χ1n) is 5.04. The third-order valence-electron chi connectivity index (χ3n) is 2.36. The summed E-state index contributed by atoms with van der Waals surface area (Å²) in [6, 6.07) is 5.00. The maximum atomic E-state index is 12.4. The van der Waals surface area contributed by atoms with Crippen molar-refractivity contribution in [2.45, 2.75) is 6.18 Å². The smallest absolute Gasteiger partial charge is 0.417 e. The van der Waals surface area contributed by atoms with Crippen molar-refractivity contribution >= 4 is 0 Å². The molecule has 2 aromatic heterocycles. The van der Waals surface area contributed by atoms with Gasteiger partial charge < -0.3 is 5.11 Å². The van der Waals surface area contributed by atoms with Crippen molar-refractivity contribution in [3.63, 3.8) is 0 Å². The topological polar surface area (TPSA) is 69.8 Å². The van der Waals surface area contributed by atoms with Crippen molar-refractivity contribution in [1.82, 2.24) is 9.97 Å². The molecule has 0 atom stereocenters. The highest BCUT2D eigenvalue weighted by Crippen LogP contribution is 2.31. The Hall–Kier alpha value is -2.62. The van der Waals surface area contributed by atoms with Crippen LogP contribution in [0.15, 0.2) is 30.6 Å². The van der Waals surface area contributed by atoms with Gasteiger partial charge in [0.25, 0.3) is 0 Å². The molecule has 2 heterocycles. The number of aromatic nitrogens is 2. The van der Waals surface area contributed by atoms with Crippen LogP contribution in [0.25, 0.3) is 11.3 Å². The van der Waals surface area contributed by atoms with Gasteiger partial charge in [-0.1, -0.05) is 0 Å². The number of rotatable bonds is 1. The summed E-state index contributed by atoms with van der Waals surface area (Å²) >= 11 is 0. The average Bonchev–Trinajstić information content (AvgIpc) is 2.38. The summed E-state index contributed by atoms with van der Waals surface area (Å²) < 4.78 is 37.1. The van der Waals surface area contributed by atoms with Gasteiger partial charge in [-0.3, -0.25) is 4.98 Å². The van der Waals surface area contributed by atoms with Gasteiger partial charge in [0.1, 0.15) is 17.5 Å². The zero-order chi connectivity index (χ0) is 14.0. The number of aromatic hydroxyl groups is 1. The second-order valence-corrected chi connectivity index (χ2v) is 3.63. The molecule has 1 N–H and O–H groups in total. The van der Waals surface area contributed by atoms with Gasteiger partial charge in [0, 0.05) is 11.8 Å². The fourth-order valence-electron chi connectivity index (χ4n) is 1.44. The van der Waals surface area contributed by atoms with E-state index in [1.54, 1.807) is 6.07 Å². The summed E-state index contributed by atoms with van der Waals surface area (Å²) in [5.41, 5.74) is -0.565. The Morgan fingerprint density at radius 2 is 1.89 bits per heavy atom. The highest BCUT2D eigenvalue weighted by Gasteiger charge is 2.30. The summed E-state index contributed by atoms with van der Waals surface area (Å²) in [6.07, 6.45) is -2.75. The van der Waals surface area contributed by atoms with E-state index in [0.717, 1.165) is 18.3 Å². The van der Waals surface area contributed by atoms with Gasteiger partial charge >= 0.3 is 6.18 Å². The molecule has 0 aliphatic rings. The minimum atomic E-state index is -4.47. The first kappa shape index (κ1) is 12.8. The lowest BCUT2D eigenvalue weighted by Crippen LogP contribution is -2.05. The SMILES string of the molecule is N#Cc1cc(-c2ccc(C(F)(F)F)cn2)c(O)cn1. The first-order chi connectivity index (χ1) is 8.91. The third kappa shape index (κ3) is 2.63. The molecule has 0 fully saturated rings. The van der Waals surface area contributed by atoms with Gasteiger partial charge in [-0.05, 0) is 18.2 Å². The second-order valence-electron chi connectivity index (χ2n) is 3.63. The first-order valence-corrected chi connectivity index (χ1v) is 5.04.